The number of nitrogens with zero attached hydrogens (tertiary/aromatic N) is 1. The Morgan fingerprint density at radius 2 is 2.17 bits per heavy atom. The van der Waals surface area contributed by atoms with Gasteiger partial charge in [-0.05, 0) is 24.3 Å². The zero-order chi connectivity index (χ0) is 13.0. The van der Waals surface area contributed by atoms with Crippen LogP contribution < -0.4 is 16.1 Å². The number of nitrogens with one attached hydrogen (secondary N) is 1. The molecule has 18 heavy (non-hydrogen) atoms. The lowest BCUT2D eigenvalue weighted by molar-refractivity contribution is 0.0746. The third kappa shape index (κ3) is 2.73. The van der Waals surface area contributed by atoms with Crippen molar-refractivity contribution in [3.05, 3.63) is 54.1 Å². The molecule has 0 atom stereocenters. The Kier molecular flexibility index (Phi) is 3.38. The molecule has 6 heteroatoms. The number of carbonyl (C=O) groups excluding carboxylic acids is 1. The first-order chi connectivity index (χ1) is 8.66. The Hall–Kier alpha value is -2.63. The van der Waals surface area contributed by atoms with Crippen LogP contribution in [0.15, 0.2) is 42.6 Å². The number of hydroxylamine groups is 1. The van der Waals surface area contributed by atoms with Gasteiger partial charge in [0.05, 0.1) is 0 Å². The lowest BCUT2D eigenvalue weighted by Crippen LogP contribution is -2.28. The van der Waals surface area contributed by atoms with E-state index in [1.165, 1.54) is 24.4 Å². The van der Waals surface area contributed by atoms with Gasteiger partial charge in [0.15, 0.2) is 11.6 Å². The zero-order valence-electron chi connectivity index (χ0n) is 9.26. The predicted octanol–water partition coefficient (Wildman–Crippen LogP) is 1.53. The van der Waals surface area contributed by atoms with Gasteiger partial charge in [0, 0.05) is 18.0 Å². The number of amides is 1. The van der Waals surface area contributed by atoms with Gasteiger partial charge in [-0.15, -0.1) is 0 Å². The molecule has 0 unspecified atom stereocenters. The topological polar surface area (TPSA) is 77.2 Å². The number of aromatic nitrogens is 1. The standard InChI is InChI=1S/C12H10FN3O2/c13-9-7-8(14)4-5-11(9)18-16-12(17)10-3-1-2-6-15-10/h1-7H,14H2,(H,16,17). The molecule has 2 rings (SSSR count). The van der Waals surface area contributed by atoms with Crippen molar-refractivity contribution >= 4 is 11.6 Å². The number of nitrogens with two attached hydrogens (primary N) is 1. The van der Waals surface area contributed by atoms with Crippen LogP contribution >= 0.6 is 0 Å². The van der Waals surface area contributed by atoms with Crippen LogP contribution in [0.5, 0.6) is 5.75 Å². The van der Waals surface area contributed by atoms with Crippen molar-refractivity contribution < 1.29 is 14.0 Å². The minimum atomic E-state index is -0.656. The number of benzene rings is 1. The van der Waals surface area contributed by atoms with Crippen LogP contribution in [0.3, 0.4) is 0 Å². The highest BCUT2D eigenvalue weighted by molar-refractivity contribution is 5.91. The summed E-state index contributed by atoms with van der Waals surface area (Å²) in [6, 6.07) is 8.73. The lowest BCUT2D eigenvalue weighted by atomic mass is 10.3. The number of nitrogen functional groups attached to an aromatic ring is 1. The molecule has 92 valence electrons. The highest BCUT2D eigenvalue weighted by atomic mass is 19.1. The summed E-state index contributed by atoms with van der Waals surface area (Å²) < 4.78 is 13.3. The van der Waals surface area contributed by atoms with Crippen molar-refractivity contribution in [2.24, 2.45) is 0 Å². The average molecular weight is 247 g/mol. The molecule has 0 fully saturated rings. The van der Waals surface area contributed by atoms with Crippen molar-refractivity contribution in [2.45, 2.75) is 0 Å². The van der Waals surface area contributed by atoms with Crippen LogP contribution in [0.1, 0.15) is 10.5 Å². The maximum atomic E-state index is 13.3. The summed E-state index contributed by atoms with van der Waals surface area (Å²) in [5.74, 6) is -1.34. The number of anilines is 1. The SMILES string of the molecule is Nc1ccc(ONC(=O)c2ccccn2)c(F)c1. The van der Waals surface area contributed by atoms with E-state index in [1.807, 2.05) is 0 Å². The molecule has 0 saturated heterocycles. The summed E-state index contributed by atoms with van der Waals surface area (Å²) in [7, 11) is 0. The molecule has 1 amide bonds. The molecule has 1 aromatic carbocycles. The van der Waals surface area contributed by atoms with Gasteiger partial charge >= 0.3 is 5.91 Å². The van der Waals surface area contributed by atoms with E-state index in [1.54, 1.807) is 12.1 Å². The summed E-state index contributed by atoms with van der Waals surface area (Å²) in [6.45, 7) is 0. The Morgan fingerprint density at radius 1 is 1.33 bits per heavy atom. The Morgan fingerprint density at radius 3 is 2.83 bits per heavy atom. The third-order valence-corrected chi connectivity index (χ3v) is 2.11. The van der Waals surface area contributed by atoms with Crippen LogP contribution in [-0.4, -0.2) is 10.9 Å². The largest absolute Gasteiger partial charge is 0.399 e. The summed E-state index contributed by atoms with van der Waals surface area (Å²) >= 11 is 0. The van der Waals surface area contributed by atoms with Crippen molar-refractivity contribution in [1.29, 1.82) is 0 Å². The van der Waals surface area contributed by atoms with Gasteiger partial charge in [-0.1, -0.05) is 6.07 Å². The van der Waals surface area contributed by atoms with Gasteiger partial charge in [0.2, 0.25) is 0 Å². The van der Waals surface area contributed by atoms with Gasteiger partial charge in [-0.2, -0.15) is 5.48 Å². The Balaban J connectivity index is 2.02. The van der Waals surface area contributed by atoms with Crippen LogP contribution in [-0.2, 0) is 0 Å². The van der Waals surface area contributed by atoms with Crippen molar-refractivity contribution in [2.75, 3.05) is 5.73 Å². The number of rotatable bonds is 3. The summed E-state index contributed by atoms with van der Waals surface area (Å²) in [4.78, 5) is 20.2. The highest BCUT2D eigenvalue weighted by Crippen LogP contribution is 2.18. The minimum Gasteiger partial charge on any atom is -0.399 e. The first-order valence-corrected chi connectivity index (χ1v) is 5.10. The quantitative estimate of drug-likeness (QED) is 0.637. The maximum Gasteiger partial charge on any atom is 0.302 e. The second-order valence-electron chi connectivity index (χ2n) is 3.44. The molecule has 3 N–H and O–H groups in total. The van der Waals surface area contributed by atoms with E-state index in [0.29, 0.717) is 0 Å². The van der Waals surface area contributed by atoms with E-state index in [2.05, 4.69) is 10.5 Å². The normalized spacial score (nSPS) is 9.83. The second-order valence-corrected chi connectivity index (χ2v) is 3.44. The van der Waals surface area contributed by atoms with Gasteiger partial charge in [-0.25, -0.2) is 4.39 Å². The van der Waals surface area contributed by atoms with E-state index in [-0.39, 0.29) is 17.1 Å². The van der Waals surface area contributed by atoms with Crippen molar-refractivity contribution in [1.82, 2.24) is 10.5 Å². The van der Waals surface area contributed by atoms with Crippen LogP contribution in [0.4, 0.5) is 10.1 Å². The summed E-state index contributed by atoms with van der Waals surface area (Å²) in [6.07, 6.45) is 1.47. The smallest absolute Gasteiger partial charge is 0.302 e. The van der Waals surface area contributed by atoms with E-state index >= 15 is 0 Å². The van der Waals surface area contributed by atoms with Crippen LogP contribution in [0.2, 0.25) is 0 Å². The first-order valence-electron chi connectivity index (χ1n) is 5.10. The molecular weight excluding hydrogens is 237 g/mol. The van der Waals surface area contributed by atoms with Crippen LogP contribution in [0, 0.1) is 5.82 Å². The Bertz CT molecular complexity index is 561. The number of hydrogen-bond donors (Lipinski definition) is 2. The summed E-state index contributed by atoms with van der Waals surface area (Å²) in [5, 5.41) is 0. The van der Waals surface area contributed by atoms with E-state index in [9.17, 15) is 9.18 Å². The predicted molar refractivity (Wildman–Crippen MR) is 63.1 cm³/mol. The van der Waals surface area contributed by atoms with E-state index in [0.717, 1.165) is 6.07 Å². The van der Waals surface area contributed by atoms with Crippen molar-refractivity contribution in [3.63, 3.8) is 0 Å². The van der Waals surface area contributed by atoms with Gasteiger partial charge in [0.25, 0.3) is 0 Å². The molecule has 0 bridgehead atoms. The van der Waals surface area contributed by atoms with E-state index < -0.39 is 11.7 Å². The molecule has 2 aromatic rings. The third-order valence-electron chi connectivity index (χ3n) is 2.11. The molecule has 0 aliphatic rings. The van der Waals surface area contributed by atoms with Gasteiger partial charge in [-0.3, -0.25) is 9.78 Å². The first kappa shape index (κ1) is 11.8. The van der Waals surface area contributed by atoms with E-state index in [4.69, 9.17) is 10.6 Å². The number of pyridine rings is 1. The molecule has 0 spiro atoms. The fourth-order valence-corrected chi connectivity index (χ4v) is 1.25. The molecule has 0 radical (unpaired) electrons. The molecular formula is C12H10FN3O2. The maximum absolute atomic E-state index is 13.3. The lowest BCUT2D eigenvalue weighted by Gasteiger charge is -2.07. The molecule has 5 nitrogen and oxygen atoms in total. The van der Waals surface area contributed by atoms with Crippen LogP contribution in [0.25, 0.3) is 0 Å². The fraction of sp³-hybridized carbons (Fsp3) is 0. The minimum absolute atomic E-state index is 0.117. The second kappa shape index (κ2) is 5.13. The van der Waals surface area contributed by atoms with Gasteiger partial charge < -0.3 is 10.6 Å². The Labute approximate surface area is 102 Å². The zero-order valence-corrected chi connectivity index (χ0v) is 9.26. The van der Waals surface area contributed by atoms with Gasteiger partial charge in [0.1, 0.15) is 5.69 Å². The number of carbonyl (C=O) groups is 1. The molecule has 1 heterocycles. The monoisotopic (exact) mass is 247 g/mol. The van der Waals surface area contributed by atoms with Crippen molar-refractivity contribution in [3.8, 4) is 5.75 Å². The number of hydrogen-bond acceptors (Lipinski definition) is 4. The average Bonchev–Trinajstić information content (AvgIpc) is 2.38. The highest BCUT2D eigenvalue weighted by Gasteiger charge is 2.09. The fourth-order valence-electron chi connectivity index (χ4n) is 1.25. The molecule has 0 aliphatic heterocycles. The molecule has 0 aliphatic carbocycles. The molecule has 0 saturated carbocycles. The molecule has 1 aromatic heterocycles. The summed E-state index contributed by atoms with van der Waals surface area (Å²) in [5.41, 5.74) is 7.92. The number of halogens is 1.